The summed E-state index contributed by atoms with van der Waals surface area (Å²) in [6, 6.07) is 7.03. The van der Waals surface area contributed by atoms with Gasteiger partial charge >= 0.3 is 0 Å². The summed E-state index contributed by atoms with van der Waals surface area (Å²) in [5.74, 6) is 0.150. The maximum atomic E-state index is 12.5. The normalized spacial score (nSPS) is 14.6. The lowest BCUT2D eigenvalue weighted by Gasteiger charge is -2.31. The second kappa shape index (κ2) is 17.7. The Morgan fingerprint density at radius 3 is 2.16 bits per heavy atom. The predicted molar refractivity (Wildman–Crippen MR) is 160 cm³/mol. The summed E-state index contributed by atoms with van der Waals surface area (Å²) in [6.07, 6.45) is 28.0. The van der Waals surface area contributed by atoms with E-state index in [4.69, 9.17) is 0 Å². The van der Waals surface area contributed by atoms with Gasteiger partial charge in [0, 0.05) is 41.8 Å². The van der Waals surface area contributed by atoms with E-state index in [1.165, 1.54) is 120 Å². The highest BCUT2D eigenvalue weighted by atomic mass is 16.1. The number of benzene rings is 1. The Labute approximate surface area is 227 Å². The number of H-pyrrole nitrogens is 1. The summed E-state index contributed by atoms with van der Waals surface area (Å²) < 4.78 is 0. The van der Waals surface area contributed by atoms with Gasteiger partial charge in [-0.25, -0.2) is 0 Å². The van der Waals surface area contributed by atoms with Crippen LogP contribution in [0.5, 0.6) is 0 Å². The zero-order valence-electron chi connectivity index (χ0n) is 24.1. The molecule has 0 spiro atoms. The van der Waals surface area contributed by atoms with Gasteiger partial charge in [-0.1, -0.05) is 103 Å². The molecule has 1 fully saturated rings. The quantitative estimate of drug-likeness (QED) is 0.185. The molecule has 37 heavy (non-hydrogen) atoms. The van der Waals surface area contributed by atoms with Gasteiger partial charge in [-0.15, -0.1) is 0 Å². The van der Waals surface area contributed by atoms with Crippen molar-refractivity contribution in [2.75, 3.05) is 18.9 Å². The fourth-order valence-corrected chi connectivity index (χ4v) is 5.99. The van der Waals surface area contributed by atoms with Crippen LogP contribution in [-0.4, -0.2) is 35.4 Å². The fourth-order valence-electron chi connectivity index (χ4n) is 5.99. The van der Waals surface area contributed by atoms with E-state index < -0.39 is 0 Å². The third kappa shape index (κ3) is 11.2. The van der Waals surface area contributed by atoms with Crippen LogP contribution in [0.4, 0.5) is 5.69 Å². The summed E-state index contributed by atoms with van der Waals surface area (Å²) in [4.78, 5) is 18.5. The summed E-state index contributed by atoms with van der Waals surface area (Å²) >= 11 is 0. The zero-order chi connectivity index (χ0) is 26.1. The number of amides is 1. The van der Waals surface area contributed by atoms with E-state index in [0.717, 1.165) is 36.6 Å². The molecule has 1 aromatic heterocycles. The molecule has 2 N–H and O–H groups in total. The summed E-state index contributed by atoms with van der Waals surface area (Å²) in [6.45, 7) is 3.37. The van der Waals surface area contributed by atoms with E-state index in [9.17, 15) is 4.79 Å². The van der Waals surface area contributed by atoms with Gasteiger partial charge in [0.15, 0.2) is 0 Å². The molecule has 0 aliphatic heterocycles. The third-order valence-corrected chi connectivity index (χ3v) is 8.49. The van der Waals surface area contributed by atoms with Crippen LogP contribution in [0.3, 0.4) is 0 Å². The molecule has 0 radical (unpaired) electrons. The number of rotatable bonds is 19. The maximum Gasteiger partial charge on any atom is 0.224 e. The van der Waals surface area contributed by atoms with Crippen molar-refractivity contribution in [1.29, 1.82) is 0 Å². The van der Waals surface area contributed by atoms with Crippen LogP contribution in [0.1, 0.15) is 134 Å². The van der Waals surface area contributed by atoms with E-state index in [1.54, 1.807) is 0 Å². The minimum absolute atomic E-state index is 0.150. The van der Waals surface area contributed by atoms with Crippen LogP contribution in [0.25, 0.3) is 10.9 Å². The van der Waals surface area contributed by atoms with E-state index >= 15 is 0 Å². The highest BCUT2D eigenvalue weighted by Crippen LogP contribution is 2.25. The average molecular weight is 510 g/mol. The first-order chi connectivity index (χ1) is 18.2. The molecule has 0 unspecified atom stereocenters. The number of hydrogen-bond acceptors (Lipinski definition) is 2. The Kier molecular flexibility index (Phi) is 14.2. The van der Waals surface area contributed by atoms with Gasteiger partial charge in [0.2, 0.25) is 5.91 Å². The Morgan fingerprint density at radius 2 is 1.51 bits per heavy atom. The maximum absolute atomic E-state index is 12.5. The van der Waals surface area contributed by atoms with Gasteiger partial charge in [-0.3, -0.25) is 4.79 Å². The molecule has 4 nitrogen and oxygen atoms in total. The second-order valence-corrected chi connectivity index (χ2v) is 11.6. The molecular formula is C33H55N3O. The van der Waals surface area contributed by atoms with Crippen LogP contribution in [0.2, 0.25) is 0 Å². The fraction of sp³-hybridized carbons (Fsp3) is 0.727. The number of likely N-dealkylation sites (N-methyl/N-ethyl adjacent to an activating group) is 1. The van der Waals surface area contributed by atoms with Gasteiger partial charge in [0.25, 0.3) is 0 Å². The number of carbonyl (C=O) groups is 1. The minimum atomic E-state index is 0.150. The minimum Gasteiger partial charge on any atom is -0.361 e. The highest BCUT2D eigenvalue weighted by molar-refractivity contribution is 5.94. The molecule has 208 valence electrons. The number of aromatic nitrogens is 1. The lowest BCUT2D eigenvalue weighted by molar-refractivity contribution is -0.116. The van der Waals surface area contributed by atoms with Gasteiger partial charge in [-0.05, 0) is 56.5 Å². The molecule has 1 heterocycles. The predicted octanol–water partition coefficient (Wildman–Crippen LogP) is 9.39. The van der Waals surface area contributed by atoms with Crippen molar-refractivity contribution in [3.8, 4) is 0 Å². The molecular weight excluding hydrogens is 454 g/mol. The SMILES string of the molecule is CCCCCCCCCCCCCCCC(=O)Nc1ccc2[nH]cc(CCN(C)C3CCCCC3)c2c1. The van der Waals surface area contributed by atoms with Crippen molar-refractivity contribution in [1.82, 2.24) is 9.88 Å². The van der Waals surface area contributed by atoms with Crippen molar-refractivity contribution in [2.24, 2.45) is 0 Å². The topological polar surface area (TPSA) is 48.1 Å². The lowest BCUT2D eigenvalue weighted by atomic mass is 9.94. The third-order valence-electron chi connectivity index (χ3n) is 8.49. The van der Waals surface area contributed by atoms with Gasteiger partial charge in [-0.2, -0.15) is 0 Å². The van der Waals surface area contributed by atoms with E-state index in [1.807, 2.05) is 6.07 Å². The Balaban J connectivity index is 1.28. The van der Waals surface area contributed by atoms with Crippen LogP contribution < -0.4 is 5.32 Å². The number of carbonyl (C=O) groups excluding carboxylic acids is 1. The molecule has 3 rings (SSSR count). The second-order valence-electron chi connectivity index (χ2n) is 11.6. The van der Waals surface area contributed by atoms with Gasteiger partial charge in [0.1, 0.15) is 0 Å². The first kappa shape index (κ1) is 29.7. The first-order valence-electron chi connectivity index (χ1n) is 15.8. The van der Waals surface area contributed by atoms with E-state index in [0.29, 0.717) is 6.42 Å². The zero-order valence-corrected chi connectivity index (χ0v) is 24.1. The Hall–Kier alpha value is -1.81. The number of nitrogens with one attached hydrogen (secondary N) is 2. The van der Waals surface area contributed by atoms with Crippen LogP contribution >= 0.6 is 0 Å². The average Bonchev–Trinajstić information content (AvgIpc) is 3.32. The molecule has 1 aromatic carbocycles. The van der Waals surface area contributed by atoms with Crippen molar-refractivity contribution in [3.05, 3.63) is 30.0 Å². The smallest absolute Gasteiger partial charge is 0.224 e. The summed E-state index contributed by atoms with van der Waals surface area (Å²) in [5, 5.41) is 4.39. The van der Waals surface area contributed by atoms with Crippen molar-refractivity contribution >= 4 is 22.5 Å². The van der Waals surface area contributed by atoms with Crippen molar-refractivity contribution < 1.29 is 4.79 Å². The molecule has 0 atom stereocenters. The molecule has 0 saturated heterocycles. The number of fused-ring (bicyclic) bond motifs is 1. The number of nitrogens with zero attached hydrogens (tertiary/aromatic N) is 1. The number of unbranched alkanes of at least 4 members (excludes halogenated alkanes) is 12. The largest absolute Gasteiger partial charge is 0.361 e. The first-order valence-corrected chi connectivity index (χ1v) is 15.8. The van der Waals surface area contributed by atoms with Crippen LogP contribution in [0.15, 0.2) is 24.4 Å². The summed E-state index contributed by atoms with van der Waals surface area (Å²) in [5.41, 5.74) is 3.43. The molecule has 1 amide bonds. The van der Waals surface area contributed by atoms with Gasteiger partial charge in [0.05, 0.1) is 0 Å². The number of anilines is 1. The summed E-state index contributed by atoms with van der Waals surface area (Å²) in [7, 11) is 2.28. The molecule has 0 bridgehead atoms. The van der Waals surface area contributed by atoms with Gasteiger partial charge < -0.3 is 15.2 Å². The van der Waals surface area contributed by atoms with E-state index in [2.05, 4.69) is 47.5 Å². The highest BCUT2D eigenvalue weighted by Gasteiger charge is 2.18. The van der Waals surface area contributed by atoms with Crippen LogP contribution in [0, 0.1) is 0 Å². The lowest BCUT2D eigenvalue weighted by Crippen LogP contribution is -2.34. The van der Waals surface area contributed by atoms with Crippen molar-refractivity contribution in [3.63, 3.8) is 0 Å². The standard InChI is InChI=1S/C33H55N3O/c1-3-4-5-6-7-8-9-10-11-12-13-14-18-21-33(37)35-29-22-23-32-31(26-29)28(27-34-32)24-25-36(2)30-19-16-15-17-20-30/h22-23,26-27,30,34H,3-21,24-25H2,1-2H3,(H,35,37). The molecule has 1 aliphatic rings. The molecule has 2 aromatic rings. The Bertz CT molecular complexity index is 883. The monoisotopic (exact) mass is 509 g/mol. The van der Waals surface area contributed by atoms with Crippen molar-refractivity contribution in [2.45, 2.75) is 141 Å². The molecule has 1 aliphatic carbocycles. The Morgan fingerprint density at radius 1 is 0.892 bits per heavy atom. The van der Waals surface area contributed by atoms with E-state index in [-0.39, 0.29) is 5.91 Å². The van der Waals surface area contributed by atoms with Crippen LogP contribution in [-0.2, 0) is 11.2 Å². The number of aromatic amines is 1. The number of hydrogen-bond donors (Lipinski definition) is 2. The molecule has 4 heteroatoms. The molecule has 1 saturated carbocycles.